The van der Waals surface area contributed by atoms with Crippen molar-refractivity contribution in [1.29, 1.82) is 0 Å². The van der Waals surface area contributed by atoms with Crippen LogP contribution in [0.2, 0.25) is 0 Å². The maximum atomic E-state index is 14.4. The second kappa shape index (κ2) is 10.7. The molecule has 0 atom stereocenters. The molecule has 0 aliphatic carbocycles. The number of ether oxygens (including phenoxy) is 2. The number of nitrogens with one attached hydrogen (secondary N) is 3. The van der Waals surface area contributed by atoms with Crippen LogP contribution in [0.5, 0.6) is 11.5 Å². The molecule has 2 amide bonds. The number of nitrogens with zero attached hydrogens (tertiary/aromatic N) is 2. The summed E-state index contributed by atoms with van der Waals surface area (Å²) >= 11 is 0. The fourth-order valence-electron chi connectivity index (χ4n) is 3.12. The van der Waals surface area contributed by atoms with E-state index in [0.717, 1.165) is 18.2 Å². The molecule has 0 aliphatic heterocycles. The van der Waals surface area contributed by atoms with Crippen molar-refractivity contribution in [3.63, 3.8) is 0 Å². The molecule has 3 N–H and O–H groups in total. The lowest BCUT2D eigenvalue weighted by Crippen LogP contribution is -2.19. The molecule has 3 aromatic carbocycles. The van der Waals surface area contributed by atoms with Crippen LogP contribution < -0.4 is 20.7 Å². The molecule has 1 heterocycles. The molecular formula is C24H20F3N5O3. The number of fused-ring (bicyclic) bond motifs is 1. The summed E-state index contributed by atoms with van der Waals surface area (Å²) in [7, 11) is 1.58. The molecule has 0 aliphatic rings. The van der Waals surface area contributed by atoms with Crippen molar-refractivity contribution in [3.8, 4) is 11.5 Å². The van der Waals surface area contributed by atoms with Crippen LogP contribution in [0.1, 0.15) is 0 Å². The minimum absolute atomic E-state index is 0.0713. The lowest BCUT2D eigenvalue weighted by molar-refractivity contribution is 0.210. The van der Waals surface area contributed by atoms with Gasteiger partial charge < -0.3 is 25.4 Å². The highest BCUT2D eigenvalue weighted by Crippen LogP contribution is 2.31. The van der Waals surface area contributed by atoms with Crippen molar-refractivity contribution >= 4 is 34.3 Å². The summed E-state index contributed by atoms with van der Waals surface area (Å²) in [5, 5.41) is 7.82. The van der Waals surface area contributed by atoms with Gasteiger partial charge in [0.1, 0.15) is 17.4 Å². The van der Waals surface area contributed by atoms with Crippen molar-refractivity contribution in [3.05, 3.63) is 78.2 Å². The van der Waals surface area contributed by atoms with E-state index in [1.54, 1.807) is 19.4 Å². The first-order valence-electron chi connectivity index (χ1n) is 10.4. The second-order valence-corrected chi connectivity index (χ2v) is 7.29. The molecule has 0 radical (unpaired) electrons. The molecule has 4 aromatic rings. The van der Waals surface area contributed by atoms with Gasteiger partial charge in [-0.1, -0.05) is 6.07 Å². The molecular weight excluding hydrogens is 463 g/mol. The van der Waals surface area contributed by atoms with Crippen LogP contribution in [-0.2, 0) is 4.74 Å². The Hall–Kier alpha value is -4.38. The molecule has 0 fully saturated rings. The second-order valence-electron chi connectivity index (χ2n) is 7.29. The predicted octanol–water partition coefficient (Wildman–Crippen LogP) is 5.54. The molecule has 4 rings (SSSR count). The Morgan fingerprint density at radius 1 is 0.971 bits per heavy atom. The Morgan fingerprint density at radius 3 is 2.60 bits per heavy atom. The molecule has 0 bridgehead atoms. The summed E-state index contributed by atoms with van der Waals surface area (Å²) in [5.41, 5.74) is 1.16. The third-order valence-electron chi connectivity index (χ3n) is 4.69. The number of rotatable bonds is 8. The number of aromatic nitrogens is 2. The number of carbonyl (C=O) groups is 1. The van der Waals surface area contributed by atoms with Gasteiger partial charge in [0.25, 0.3) is 0 Å². The smallest absolute Gasteiger partial charge is 0.323 e. The maximum absolute atomic E-state index is 14.4. The van der Waals surface area contributed by atoms with Gasteiger partial charge in [-0.25, -0.2) is 18.6 Å². The average molecular weight is 483 g/mol. The van der Waals surface area contributed by atoms with E-state index in [2.05, 4.69) is 25.9 Å². The third-order valence-corrected chi connectivity index (χ3v) is 4.69. The molecule has 1 aromatic heterocycles. The van der Waals surface area contributed by atoms with Crippen molar-refractivity contribution in [2.45, 2.75) is 0 Å². The fraction of sp³-hybridized carbons (Fsp3) is 0.125. The van der Waals surface area contributed by atoms with Gasteiger partial charge in [0, 0.05) is 43.2 Å². The Bertz CT molecular complexity index is 1370. The lowest BCUT2D eigenvalue weighted by Gasteiger charge is -2.12. The van der Waals surface area contributed by atoms with Gasteiger partial charge in [0.2, 0.25) is 5.82 Å². The first-order valence-corrected chi connectivity index (χ1v) is 10.4. The number of methoxy groups -OCH3 is 1. The van der Waals surface area contributed by atoms with E-state index in [1.807, 2.05) is 0 Å². The van der Waals surface area contributed by atoms with Crippen molar-refractivity contribution < 1.29 is 27.4 Å². The Morgan fingerprint density at radius 2 is 1.80 bits per heavy atom. The van der Waals surface area contributed by atoms with Crippen LogP contribution in [0.4, 0.5) is 35.2 Å². The molecule has 11 heteroatoms. The maximum Gasteiger partial charge on any atom is 0.323 e. The summed E-state index contributed by atoms with van der Waals surface area (Å²) in [6.45, 7) is 1.02. The van der Waals surface area contributed by atoms with Crippen LogP contribution in [0.25, 0.3) is 11.0 Å². The Balaban J connectivity index is 1.51. The zero-order chi connectivity index (χ0) is 24.8. The summed E-state index contributed by atoms with van der Waals surface area (Å²) in [6, 6.07) is 11.1. The van der Waals surface area contributed by atoms with E-state index in [-0.39, 0.29) is 17.1 Å². The number of hydrogen-bond donors (Lipinski definition) is 3. The summed E-state index contributed by atoms with van der Waals surface area (Å²) < 4.78 is 52.5. The summed E-state index contributed by atoms with van der Waals surface area (Å²) in [5.74, 6) is -2.76. The van der Waals surface area contributed by atoms with Gasteiger partial charge in [0.15, 0.2) is 11.6 Å². The van der Waals surface area contributed by atoms with Gasteiger partial charge in [-0.3, -0.25) is 4.98 Å². The summed E-state index contributed by atoms with van der Waals surface area (Å²) in [6.07, 6.45) is 1.57. The van der Waals surface area contributed by atoms with Crippen molar-refractivity contribution in [2.75, 3.05) is 36.2 Å². The number of benzene rings is 3. The number of halogens is 3. The predicted molar refractivity (Wildman–Crippen MR) is 125 cm³/mol. The number of anilines is 3. The SMILES string of the molecule is COCCNc1cnc2ccc(Oc3cc(NC(=O)Nc4cccc(F)c4)cc(F)c3F)cc2n1. The standard InChI is InChI=1S/C24H20F3N5O3/c1-34-8-7-28-22-13-29-19-6-5-17(12-20(19)32-22)35-21-11-16(10-18(26)23(21)27)31-24(33)30-15-4-2-3-14(25)9-15/h2-6,9-13H,7-8H2,1H3,(H,28,32)(H2,30,31,33). The van der Waals surface area contributed by atoms with Crippen LogP contribution in [-0.4, -0.2) is 36.3 Å². The number of amides is 2. The van der Waals surface area contributed by atoms with Gasteiger partial charge in [-0.15, -0.1) is 0 Å². The molecule has 8 nitrogen and oxygen atoms in total. The number of urea groups is 1. The largest absolute Gasteiger partial charge is 0.454 e. The monoisotopic (exact) mass is 483 g/mol. The topological polar surface area (TPSA) is 97.4 Å². The molecule has 180 valence electrons. The average Bonchev–Trinajstić information content (AvgIpc) is 2.82. The molecule has 0 unspecified atom stereocenters. The van der Waals surface area contributed by atoms with Crippen molar-refractivity contribution in [1.82, 2.24) is 9.97 Å². The van der Waals surface area contributed by atoms with E-state index in [4.69, 9.17) is 9.47 Å². The van der Waals surface area contributed by atoms with E-state index >= 15 is 0 Å². The zero-order valence-electron chi connectivity index (χ0n) is 18.4. The zero-order valence-corrected chi connectivity index (χ0v) is 18.4. The van der Waals surface area contributed by atoms with E-state index in [1.165, 1.54) is 30.3 Å². The number of carbonyl (C=O) groups excluding carboxylic acids is 1. The van der Waals surface area contributed by atoms with Gasteiger partial charge in [-0.2, -0.15) is 4.39 Å². The molecule has 0 saturated heterocycles. The van der Waals surface area contributed by atoms with E-state index in [0.29, 0.717) is 30.0 Å². The Labute approximate surface area is 198 Å². The quantitative estimate of drug-likeness (QED) is 0.285. The third kappa shape index (κ3) is 6.15. The van der Waals surface area contributed by atoms with Crippen molar-refractivity contribution in [2.24, 2.45) is 0 Å². The molecule has 35 heavy (non-hydrogen) atoms. The van der Waals surface area contributed by atoms with Crippen LogP contribution in [0.3, 0.4) is 0 Å². The van der Waals surface area contributed by atoms with Crippen LogP contribution in [0.15, 0.2) is 60.8 Å². The summed E-state index contributed by atoms with van der Waals surface area (Å²) in [4.78, 5) is 20.9. The lowest BCUT2D eigenvalue weighted by atomic mass is 10.2. The Kier molecular flexibility index (Phi) is 7.27. The van der Waals surface area contributed by atoms with Gasteiger partial charge in [0.05, 0.1) is 23.8 Å². The van der Waals surface area contributed by atoms with Gasteiger partial charge >= 0.3 is 6.03 Å². The number of hydrogen-bond acceptors (Lipinski definition) is 6. The highest BCUT2D eigenvalue weighted by molar-refractivity contribution is 5.99. The minimum Gasteiger partial charge on any atom is -0.454 e. The normalized spacial score (nSPS) is 10.7. The molecule has 0 spiro atoms. The highest BCUT2D eigenvalue weighted by atomic mass is 19.2. The van der Waals surface area contributed by atoms with E-state index in [9.17, 15) is 18.0 Å². The van der Waals surface area contributed by atoms with E-state index < -0.39 is 29.2 Å². The first kappa shape index (κ1) is 23.8. The fourth-order valence-corrected chi connectivity index (χ4v) is 3.12. The minimum atomic E-state index is -1.23. The molecule has 0 saturated carbocycles. The first-order chi connectivity index (χ1) is 16.9. The van der Waals surface area contributed by atoms with Gasteiger partial charge in [-0.05, 0) is 30.3 Å². The van der Waals surface area contributed by atoms with Crippen LogP contribution >= 0.6 is 0 Å². The highest BCUT2D eigenvalue weighted by Gasteiger charge is 2.15. The van der Waals surface area contributed by atoms with Crippen LogP contribution in [0, 0.1) is 17.5 Å².